The molecular formula is C10H15N3OS. The molecule has 15 heavy (non-hydrogen) atoms. The molecule has 1 aromatic rings. The van der Waals surface area contributed by atoms with Gasteiger partial charge in [-0.05, 0) is 25.7 Å². The maximum Gasteiger partial charge on any atom is 0.254 e. The van der Waals surface area contributed by atoms with Gasteiger partial charge in [0, 0.05) is 17.9 Å². The molecule has 1 aliphatic carbocycles. The van der Waals surface area contributed by atoms with E-state index in [1.807, 2.05) is 0 Å². The summed E-state index contributed by atoms with van der Waals surface area (Å²) in [6.45, 7) is 0.603. The second-order valence-corrected chi connectivity index (χ2v) is 4.72. The molecule has 1 aromatic heterocycles. The highest BCUT2D eigenvalue weighted by molar-refractivity contribution is 7.99. The second-order valence-electron chi connectivity index (χ2n) is 3.64. The number of aromatic nitrogens is 2. The van der Waals surface area contributed by atoms with Gasteiger partial charge in [-0.2, -0.15) is 0 Å². The van der Waals surface area contributed by atoms with Gasteiger partial charge >= 0.3 is 0 Å². The zero-order valence-electron chi connectivity index (χ0n) is 8.58. The molecule has 0 unspecified atom stereocenters. The lowest BCUT2D eigenvalue weighted by molar-refractivity contribution is 0.641. The van der Waals surface area contributed by atoms with Crippen LogP contribution in [0.2, 0.25) is 0 Å². The lowest BCUT2D eigenvalue weighted by Gasteiger charge is -2.13. The summed E-state index contributed by atoms with van der Waals surface area (Å²) < 4.78 is 0. The van der Waals surface area contributed by atoms with Gasteiger partial charge in [-0.1, -0.05) is 11.8 Å². The van der Waals surface area contributed by atoms with Crippen molar-refractivity contribution >= 4 is 11.8 Å². The third kappa shape index (κ3) is 2.41. The number of aromatic amines is 1. The van der Waals surface area contributed by atoms with E-state index in [9.17, 15) is 4.79 Å². The van der Waals surface area contributed by atoms with Crippen LogP contribution in [-0.2, 0) is 12.8 Å². The predicted octanol–water partition coefficient (Wildman–Crippen LogP) is 0.699. The van der Waals surface area contributed by atoms with Gasteiger partial charge in [0.05, 0.1) is 5.69 Å². The molecule has 1 heterocycles. The maximum atomic E-state index is 11.7. The Balaban J connectivity index is 2.28. The molecule has 0 saturated carbocycles. The lowest BCUT2D eigenvalue weighted by atomic mass is 9.97. The van der Waals surface area contributed by atoms with Crippen LogP contribution in [0.4, 0.5) is 0 Å². The van der Waals surface area contributed by atoms with E-state index >= 15 is 0 Å². The average molecular weight is 225 g/mol. The molecule has 1 aliphatic rings. The highest BCUT2D eigenvalue weighted by atomic mass is 32.2. The van der Waals surface area contributed by atoms with Crippen molar-refractivity contribution in [2.45, 2.75) is 30.8 Å². The molecular weight excluding hydrogens is 210 g/mol. The minimum Gasteiger partial charge on any atom is -0.330 e. The predicted molar refractivity (Wildman–Crippen MR) is 61.3 cm³/mol. The van der Waals surface area contributed by atoms with Gasteiger partial charge in [0.25, 0.3) is 5.56 Å². The molecule has 0 aromatic carbocycles. The standard InChI is InChI=1S/C10H15N3OS/c11-5-6-15-10-12-8-4-2-1-3-7(8)9(14)13-10/h1-6,11H2,(H,12,13,14). The summed E-state index contributed by atoms with van der Waals surface area (Å²) in [5, 5.41) is 0.714. The van der Waals surface area contributed by atoms with Crippen molar-refractivity contribution in [1.82, 2.24) is 9.97 Å². The number of hydrogen-bond donors (Lipinski definition) is 2. The molecule has 2 rings (SSSR count). The van der Waals surface area contributed by atoms with Crippen LogP contribution < -0.4 is 11.3 Å². The summed E-state index contributed by atoms with van der Waals surface area (Å²) in [4.78, 5) is 19.0. The van der Waals surface area contributed by atoms with Crippen LogP contribution in [-0.4, -0.2) is 22.3 Å². The topological polar surface area (TPSA) is 71.8 Å². The minimum absolute atomic E-state index is 0.0409. The van der Waals surface area contributed by atoms with E-state index in [4.69, 9.17) is 5.73 Å². The summed E-state index contributed by atoms with van der Waals surface area (Å²) in [7, 11) is 0. The van der Waals surface area contributed by atoms with E-state index in [0.29, 0.717) is 11.7 Å². The second kappa shape index (κ2) is 4.81. The molecule has 0 saturated heterocycles. The fraction of sp³-hybridized carbons (Fsp3) is 0.600. The smallest absolute Gasteiger partial charge is 0.254 e. The van der Waals surface area contributed by atoms with Crippen LogP contribution in [0.5, 0.6) is 0 Å². The van der Waals surface area contributed by atoms with Crippen molar-refractivity contribution in [2.75, 3.05) is 12.3 Å². The van der Waals surface area contributed by atoms with Crippen LogP contribution >= 0.6 is 11.8 Å². The Morgan fingerprint density at radius 3 is 3.00 bits per heavy atom. The third-order valence-electron chi connectivity index (χ3n) is 2.53. The molecule has 82 valence electrons. The molecule has 0 bridgehead atoms. The number of rotatable bonds is 3. The fourth-order valence-corrected chi connectivity index (χ4v) is 2.46. The number of nitrogens with two attached hydrogens (primary N) is 1. The largest absolute Gasteiger partial charge is 0.330 e. The zero-order chi connectivity index (χ0) is 10.7. The molecule has 4 nitrogen and oxygen atoms in total. The van der Waals surface area contributed by atoms with Gasteiger partial charge < -0.3 is 10.7 Å². The van der Waals surface area contributed by atoms with Crippen molar-refractivity contribution in [1.29, 1.82) is 0 Å². The number of fused-ring (bicyclic) bond motifs is 1. The summed E-state index contributed by atoms with van der Waals surface area (Å²) in [6, 6.07) is 0. The monoisotopic (exact) mass is 225 g/mol. The van der Waals surface area contributed by atoms with E-state index < -0.39 is 0 Å². The van der Waals surface area contributed by atoms with E-state index in [2.05, 4.69) is 9.97 Å². The van der Waals surface area contributed by atoms with Crippen LogP contribution in [0.15, 0.2) is 9.95 Å². The third-order valence-corrected chi connectivity index (χ3v) is 3.43. The normalized spacial score (nSPS) is 15.0. The number of H-pyrrole nitrogens is 1. The van der Waals surface area contributed by atoms with Gasteiger partial charge in [-0.3, -0.25) is 4.79 Å². The highest BCUT2D eigenvalue weighted by Crippen LogP contribution is 2.18. The number of aryl methyl sites for hydroxylation is 1. The van der Waals surface area contributed by atoms with Gasteiger partial charge in [-0.15, -0.1) is 0 Å². The molecule has 0 amide bonds. The molecule has 5 heteroatoms. The van der Waals surface area contributed by atoms with E-state index in [0.717, 1.165) is 42.7 Å². The quantitative estimate of drug-likeness (QED) is 0.587. The zero-order valence-corrected chi connectivity index (χ0v) is 9.40. The minimum atomic E-state index is 0.0409. The van der Waals surface area contributed by atoms with Gasteiger partial charge in [0.2, 0.25) is 0 Å². The summed E-state index contributed by atoms with van der Waals surface area (Å²) in [5.41, 5.74) is 7.33. The Morgan fingerprint density at radius 2 is 2.20 bits per heavy atom. The van der Waals surface area contributed by atoms with Crippen molar-refractivity contribution in [3.8, 4) is 0 Å². The SMILES string of the molecule is NCCSc1nc2c(c(=O)[nH]1)CCCC2. The summed E-state index contributed by atoms with van der Waals surface area (Å²) >= 11 is 1.52. The summed E-state index contributed by atoms with van der Waals surface area (Å²) in [5.74, 6) is 0.793. The molecule has 0 radical (unpaired) electrons. The van der Waals surface area contributed by atoms with E-state index in [1.54, 1.807) is 0 Å². The Morgan fingerprint density at radius 1 is 1.40 bits per heavy atom. The maximum absolute atomic E-state index is 11.7. The first kappa shape index (κ1) is 10.7. The number of thioether (sulfide) groups is 1. The molecule has 0 atom stereocenters. The Bertz CT molecular complexity index is 402. The summed E-state index contributed by atoms with van der Waals surface area (Å²) in [6.07, 6.45) is 4.06. The van der Waals surface area contributed by atoms with E-state index in [-0.39, 0.29) is 5.56 Å². The van der Waals surface area contributed by atoms with Gasteiger partial charge in [-0.25, -0.2) is 4.98 Å². The van der Waals surface area contributed by atoms with Gasteiger partial charge in [0.1, 0.15) is 0 Å². The Hall–Kier alpha value is -0.810. The molecule has 0 aliphatic heterocycles. The van der Waals surface area contributed by atoms with Crippen LogP contribution in [0, 0.1) is 0 Å². The van der Waals surface area contributed by atoms with Crippen molar-refractivity contribution in [3.63, 3.8) is 0 Å². The first-order chi connectivity index (χ1) is 7.31. The van der Waals surface area contributed by atoms with Crippen LogP contribution in [0.1, 0.15) is 24.1 Å². The Kier molecular flexibility index (Phi) is 3.43. The Labute approximate surface area is 92.7 Å². The number of nitrogens with zero attached hydrogens (tertiary/aromatic N) is 1. The van der Waals surface area contributed by atoms with Crippen molar-refractivity contribution in [2.24, 2.45) is 5.73 Å². The first-order valence-corrected chi connectivity index (χ1v) is 6.25. The number of hydrogen-bond acceptors (Lipinski definition) is 4. The fourth-order valence-electron chi connectivity index (χ4n) is 1.80. The molecule has 3 N–H and O–H groups in total. The highest BCUT2D eigenvalue weighted by Gasteiger charge is 2.15. The lowest BCUT2D eigenvalue weighted by Crippen LogP contribution is -2.21. The van der Waals surface area contributed by atoms with Crippen molar-refractivity contribution in [3.05, 3.63) is 21.6 Å². The van der Waals surface area contributed by atoms with Crippen molar-refractivity contribution < 1.29 is 0 Å². The first-order valence-electron chi connectivity index (χ1n) is 5.26. The molecule has 0 spiro atoms. The van der Waals surface area contributed by atoms with Crippen LogP contribution in [0.25, 0.3) is 0 Å². The van der Waals surface area contributed by atoms with E-state index in [1.165, 1.54) is 11.8 Å². The molecule has 0 fully saturated rings. The van der Waals surface area contributed by atoms with Crippen LogP contribution in [0.3, 0.4) is 0 Å². The number of nitrogens with one attached hydrogen (secondary N) is 1. The van der Waals surface area contributed by atoms with Gasteiger partial charge in [0.15, 0.2) is 5.16 Å². The average Bonchev–Trinajstić information content (AvgIpc) is 2.26.